The Bertz CT molecular complexity index is 2080. The standard InChI is InChI=1S/C49H67N7O7/c1-6-7-8-9-10-14-43(58)51-27-12-11-13-40(54-45(59)39(50)30-37-31-52-44(53-37)35-21-23-36(24-22-35)49(3,4)5)46(60)55-41(28-33-17-15-32(2)16-18-33)47(61)56-42(48(62)63)29-34-19-25-38(57)26-20-34/h15-26,31,39-42,57H,6-14,27-30,50H2,1-5H3,(H,51,58)(H,52,53)(H,54,59)(H,55,60)(H,56,61)(H,62,63)/t39-,40-,41?,42-/m0/s1. The van der Waals surface area contributed by atoms with Crippen molar-refractivity contribution in [3.63, 3.8) is 0 Å². The van der Waals surface area contributed by atoms with Crippen LogP contribution in [0.1, 0.15) is 113 Å². The zero-order valence-electron chi connectivity index (χ0n) is 37.5. The molecule has 1 heterocycles. The van der Waals surface area contributed by atoms with Gasteiger partial charge in [-0.3, -0.25) is 19.2 Å². The van der Waals surface area contributed by atoms with Crippen LogP contribution in [0.25, 0.3) is 11.4 Å². The van der Waals surface area contributed by atoms with Crippen molar-refractivity contribution in [1.82, 2.24) is 31.2 Å². The van der Waals surface area contributed by atoms with E-state index in [1.165, 1.54) is 17.7 Å². The van der Waals surface area contributed by atoms with E-state index in [1.54, 1.807) is 18.3 Å². The van der Waals surface area contributed by atoms with E-state index in [0.29, 0.717) is 42.9 Å². The molecule has 0 aliphatic carbocycles. The molecule has 14 heteroatoms. The molecule has 4 atom stereocenters. The van der Waals surface area contributed by atoms with Gasteiger partial charge in [0.1, 0.15) is 29.7 Å². The second-order valence-electron chi connectivity index (χ2n) is 17.5. The number of carbonyl (C=O) groups is 5. The summed E-state index contributed by atoms with van der Waals surface area (Å²) < 4.78 is 0. The number of phenolic OH excluding ortho intramolecular Hbond substituents is 1. The van der Waals surface area contributed by atoms with E-state index in [9.17, 15) is 34.2 Å². The monoisotopic (exact) mass is 866 g/mol. The van der Waals surface area contributed by atoms with Crippen molar-refractivity contribution in [2.75, 3.05) is 6.54 Å². The molecule has 4 amide bonds. The first-order valence-corrected chi connectivity index (χ1v) is 22.2. The summed E-state index contributed by atoms with van der Waals surface area (Å²) in [5.41, 5.74) is 11.3. The van der Waals surface area contributed by atoms with Crippen molar-refractivity contribution in [2.45, 2.75) is 141 Å². The quantitative estimate of drug-likeness (QED) is 0.0369. The molecule has 0 aliphatic rings. The van der Waals surface area contributed by atoms with Crippen molar-refractivity contribution < 1.29 is 34.2 Å². The maximum atomic E-state index is 14.2. The van der Waals surface area contributed by atoms with E-state index >= 15 is 0 Å². The number of nitrogens with zero attached hydrogens (tertiary/aromatic N) is 1. The maximum Gasteiger partial charge on any atom is 0.326 e. The minimum atomic E-state index is -1.34. The third kappa shape index (κ3) is 17.0. The molecule has 1 aromatic heterocycles. The van der Waals surface area contributed by atoms with Gasteiger partial charge < -0.3 is 42.2 Å². The van der Waals surface area contributed by atoms with E-state index in [4.69, 9.17) is 5.73 Å². The lowest BCUT2D eigenvalue weighted by Crippen LogP contribution is -2.58. The molecule has 0 spiro atoms. The van der Waals surface area contributed by atoms with Gasteiger partial charge in [0.05, 0.1) is 11.7 Å². The molecular formula is C49H67N7O7. The van der Waals surface area contributed by atoms with Crippen LogP contribution in [0.5, 0.6) is 5.75 Å². The Balaban J connectivity index is 1.48. The van der Waals surface area contributed by atoms with Crippen molar-refractivity contribution in [1.29, 1.82) is 0 Å². The Labute approximate surface area is 371 Å². The van der Waals surface area contributed by atoms with Crippen LogP contribution < -0.4 is 27.0 Å². The van der Waals surface area contributed by atoms with Crippen LogP contribution in [0.2, 0.25) is 0 Å². The van der Waals surface area contributed by atoms with Gasteiger partial charge in [-0.05, 0) is 66.8 Å². The predicted molar refractivity (Wildman–Crippen MR) is 245 cm³/mol. The number of aromatic nitrogens is 2. The van der Waals surface area contributed by atoms with Crippen LogP contribution in [0, 0.1) is 6.92 Å². The Kier molecular flexibility index (Phi) is 19.4. The molecule has 14 nitrogen and oxygen atoms in total. The van der Waals surface area contributed by atoms with Gasteiger partial charge in [-0.1, -0.05) is 120 Å². The largest absolute Gasteiger partial charge is 0.508 e. The van der Waals surface area contributed by atoms with Crippen LogP contribution in [-0.2, 0) is 48.7 Å². The lowest BCUT2D eigenvalue weighted by atomic mass is 9.87. The van der Waals surface area contributed by atoms with Gasteiger partial charge in [0.15, 0.2) is 0 Å². The summed E-state index contributed by atoms with van der Waals surface area (Å²) in [5, 5.41) is 30.9. The molecular weight excluding hydrogens is 799 g/mol. The summed E-state index contributed by atoms with van der Waals surface area (Å²) in [5.74, 6) is -2.62. The number of hydrogen-bond donors (Lipinski definition) is 8. The predicted octanol–water partition coefficient (Wildman–Crippen LogP) is 5.93. The van der Waals surface area contributed by atoms with Crippen molar-refractivity contribution in [3.05, 3.63) is 107 Å². The Morgan fingerprint density at radius 3 is 1.94 bits per heavy atom. The first kappa shape index (κ1) is 49.6. The number of nitrogens with one attached hydrogen (secondary N) is 5. The molecule has 63 heavy (non-hydrogen) atoms. The molecule has 0 saturated carbocycles. The molecule has 4 aromatic rings. The smallest absolute Gasteiger partial charge is 0.326 e. The first-order valence-electron chi connectivity index (χ1n) is 22.2. The van der Waals surface area contributed by atoms with Gasteiger partial charge >= 0.3 is 5.97 Å². The normalized spacial score (nSPS) is 13.3. The molecule has 340 valence electrons. The number of aromatic hydroxyl groups is 1. The van der Waals surface area contributed by atoms with E-state index in [2.05, 4.69) is 71.1 Å². The minimum absolute atomic E-state index is 0.00178. The number of carboxylic acids is 1. The van der Waals surface area contributed by atoms with Gasteiger partial charge in [0, 0.05) is 44.0 Å². The highest BCUT2D eigenvalue weighted by Gasteiger charge is 2.31. The van der Waals surface area contributed by atoms with Gasteiger partial charge in [-0.2, -0.15) is 0 Å². The summed E-state index contributed by atoms with van der Waals surface area (Å²) in [4.78, 5) is 74.4. The topological polar surface area (TPSA) is 229 Å². The zero-order chi connectivity index (χ0) is 45.9. The molecule has 0 aliphatic heterocycles. The van der Waals surface area contributed by atoms with E-state index in [1.807, 2.05) is 43.3 Å². The highest BCUT2D eigenvalue weighted by molar-refractivity contribution is 5.94. The maximum absolute atomic E-state index is 14.2. The zero-order valence-corrected chi connectivity index (χ0v) is 37.5. The Hall–Kier alpha value is -6.02. The van der Waals surface area contributed by atoms with Crippen LogP contribution >= 0.6 is 0 Å². The third-order valence-corrected chi connectivity index (χ3v) is 11.0. The van der Waals surface area contributed by atoms with E-state index in [0.717, 1.165) is 48.8 Å². The second-order valence-corrected chi connectivity index (χ2v) is 17.5. The number of nitrogens with two attached hydrogens (primary N) is 1. The number of benzene rings is 3. The Morgan fingerprint density at radius 1 is 0.714 bits per heavy atom. The summed E-state index contributed by atoms with van der Waals surface area (Å²) >= 11 is 0. The van der Waals surface area contributed by atoms with Crippen LogP contribution in [0.4, 0.5) is 0 Å². The van der Waals surface area contributed by atoms with Crippen molar-refractivity contribution in [3.8, 4) is 17.1 Å². The van der Waals surface area contributed by atoms with E-state index < -0.39 is 47.9 Å². The van der Waals surface area contributed by atoms with Crippen molar-refractivity contribution >= 4 is 29.6 Å². The summed E-state index contributed by atoms with van der Waals surface area (Å²) in [7, 11) is 0. The SMILES string of the molecule is CCCCCCCC(=O)NCCCC[C@H](NC(=O)[C@@H](N)Cc1c[nH]c(-c2ccc(C(C)(C)C)cc2)n1)C(=O)NC(Cc1ccc(C)cc1)C(=O)N[C@@H](Cc1ccc(O)cc1)C(=O)O. The average Bonchev–Trinajstić information content (AvgIpc) is 3.72. The number of aliphatic carboxylic acids is 1. The minimum Gasteiger partial charge on any atom is -0.508 e. The fraction of sp³-hybridized carbons (Fsp3) is 0.469. The first-order chi connectivity index (χ1) is 30.0. The van der Waals surface area contributed by atoms with Gasteiger partial charge in [-0.15, -0.1) is 0 Å². The molecule has 4 rings (SSSR count). The number of aromatic amines is 1. The van der Waals surface area contributed by atoms with Crippen LogP contribution in [-0.4, -0.2) is 80.5 Å². The molecule has 9 N–H and O–H groups in total. The van der Waals surface area contributed by atoms with Gasteiger partial charge in [0.25, 0.3) is 0 Å². The fourth-order valence-electron chi connectivity index (χ4n) is 7.07. The van der Waals surface area contributed by atoms with Gasteiger partial charge in [-0.25, -0.2) is 9.78 Å². The average molecular weight is 866 g/mol. The van der Waals surface area contributed by atoms with Crippen molar-refractivity contribution in [2.24, 2.45) is 5.73 Å². The Morgan fingerprint density at radius 2 is 1.30 bits per heavy atom. The molecule has 3 aromatic carbocycles. The molecule has 0 bridgehead atoms. The number of phenols is 1. The highest BCUT2D eigenvalue weighted by Crippen LogP contribution is 2.25. The molecule has 0 fully saturated rings. The number of hydrogen-bond acceptors (Lipinski definition) is 8. The van der Waals surface area contributed by atoms with Gasteiger partial charge in [0.2, 0.25) is 23.6 Å². The summed E-state index contributed by atoms with van der Waals surface area (Å²) in [6, 6.07) is 16.7. The van der Waals surface area contributed by atoms with Crippen LogP contribution in [0.15, 0.2) is 79.0 Å². The summed E-state index contributed by atoms with van der Waals surface area (Å²) in [6.07, 6.45) is 8.56. The number of carboxylic acid groups (broad SMARTS) is 1. The molecule has 0 saturated heterocycles. The molecule has 0 radical (unpaired) electrons. The number of H-pyrrole nitrogens is 1. The number of imidazole rings is 1. The summed E-state index contributed by atoms with van der Waals surface area (Å²) in [6.45, 7) is 10.9. The number of rotatable bonds is 25. The van der Waals surface area contributed by atoms with E-state index in [-0.39, 0.29) is 42.8 Å². The highest BCUT2D eigenvalue weighted by atomic mass is 16.4. The lowest BCUT2D eigenvalue weighted by Gasteiger charge is -2.25. The number of amides is 4. The third-order valence-electron chi connectivity index (χ3n) is 11.0. The number of aryl methyl sites for hydroxylation is 1. The fourth-order valence-corrected chi connectivity index (χ4v) is 7.07. The number of carbonyl (C=O) groups excluding carboxylic acids is 4. The molecule has 1 unspecified atom stereocenters. The number of unbranched alkanes of at least 4 members (excludes halogenated alkanes) is 5. The lowest BCUT2D eigenvalue weighted by molar-refractivity contribution is -0.142. The van der Waals surface area contributed by atoms with Crippen LogP contribution in [0.3, 0.4) is 0 Å². The second kappa shape index (κ2) is 24.6.